The lowest BCUT2D eigenvalue weighted by Crippen LogP contribution is -2.43. The standard InChI is InChI=1S/C10H16N2/c1-10(2,12)9(11)8-6-4-3-5-7-8/h3-7,9H,11-12H2,1-2H3/t9-/m1/s1. The summed E-state index contributed by atoms with van der Waals surface area (Å²) in [6.07, 6.45) is 0. The highest BCUT2D eigenvalue weighted by molar-refractivity contribution is 5.21. The second-order valence-corrected chi connectivity index (χ2v) is 3.71. The number of rotatable bonds is 2. The van der Waals surface area contributed by atoms with Crippen molar-refractivity contribution in [1.29, 1.82) is 0 Å². The first kappa shape index (κ1) is 9.23. The summed E-state index contributed by atoms with van der Waals surface area (Å²) in [5, 5.41) is 0. The van der Waals surface area contributed by atoms with Crippen LogP contribution >= 0.6 is 0 Å². The van der Waals surface area contributed by atoms with Gasteiger partial charge in [0.25, 0.3) is 0 Å². The molecule has 0 aliphatic rings. The first-order chi connectivity index (χ1) is 5.52. The minimum atomic E-state index is -0.360. The molecule has 0 heterocycles. The Hall–Kier alpha value is -0.860. The lowest BCUT2D eigenvalue weighted by molar-refractivity contribution is 0.420. The molecule has 12 heavy (non-hydrogen) atoms. The van der Waals surface area contributed by atoms with E-state index < -0.39 is 0 Å². The zero-order valence-electron chi connectivity index (χ0n) is 7.62. The van der Waals surface area contributed by atoms with Crippen LogP contribution in [0.2, 0.25) is 0 Å². The lowest BCUT2D eigenvalue weighted by Gasteiger charge is -2.27. The number of hydrogen-bond acceptors (Lipinski definition) is 2. The Balaban J connectivity index is 2.86. The number of hydrogen-bond donors (Lipinski definition) is 2. The fourth-order valence-corrected chi connectivity index (χ4v) is 1.09. The molecular formula is C10H16N2. The topological polar surface area (TPSA) is 52.0 Å². The Morgan fingerprint density at radius 2 is 1.67 bits per heavy atom. The summed E-state index contributed by atoms with van der Waals surface area (Å²) < 4.78 is 0. The minimum Gasteiger partial charge on any atom is -0.324 e. The molecule has 66 valence electrons. The Kier molecular flexibility index (Phi) is 2.50. The van der Waals surface area contributed by atoms with E-state index >= 15 is 0 Å². The smallest absolute Gasteiger partial charge is 0.0472 e. The molecule has 0 amide bonds. The Morgan fingerprint density at radius 1 is 1.17 bits per heavy atom. The molecule has 1 rings (SSSR count). The quantitative estimate of drug-likeness (QED) is 0.694. The van der Waals surface area contributed by atoms with Gasteiger partial charge in [-0.2, -0.15) is 0 Å². The molecule has 0 aliphatic heterocycles. The largest absolute Gasteiger partial charge is 0.324 e. The van der Waals surface area contributed by atoms with Gasteiger partial charge in [-0.3, -0.25) is 0 Å². The third kappa shape index (κ3) is 2.06. The van der Waals surface area contributed by atoms with E-state index in [1.165, 1.54) is 0 Å². The van der Waals surface area contributed by atoms with Crippen molar-refractivity contribution in [3.05, 3.63) is 35.9 Å². The van der Waals surface area contributed by atoms with Crippen LogP contribution in [0.5, 0.6) is 0 Å². The van der Waals surface area contributed by atoms with Crippen LogP contribution in [0, 0.1) is 0 Å². The van der Waals surface area contributed by atoms with Crippen molar-refractivity contribution in [2.75, 3.05) is 0 Å². The van der Waals surface area contributed by atoms with Gasteiger partial charge in [-0.1, -0.05) is 30.3 Å². The van der Waals surface area contributed by atoms with E-state index in [2.05, 4.69) is 0 Å². The maximum Gasteiger partial charge on any atom is 0.0472 e. The van der Waals surface area contributed by atoms with Crippen LogP contribution in [0.1, 0.15) is 25.5 Å². The molecule has 0 radical (unpaired) electrons. The van der Waals surface area contributed by atoms with E-state index in [1.807, 2.05) is 44.2 Å². The van der Waals surface area contributed by atoms with Crippen LogP contribution in [0.25, 0.3) is 0 Å². The molecular weight excluding hydrogens is 148 g/mol. The Morgan fingerprint density at radius 3 is 2.08 bits per heavy atom. The average Bonchev–Trinajstić information content (AvgIpc) is 2.03. The van der Waals surface area contributed by atoms with Crippen molar-refractivity contribution >= 4 is 0 Å². The fraction of sp³-hybridized carbons (Fsp3) is 0.400. The second-order valence-electron chi connectivity index (χ2n) is 3.71. The molecule has 0 fully saturated rings. The molecule has 2 heteroatoms. The first-order valence-corrected chi connectivity index (χ1v) is 4.11. The maximum absolute atomic E-state index is 5.95. The van der Waals surface area contributed by atoms with Gasteiger partial charge in [0.1, 0.15) is 0 Å². The van der Waals surface area contributed by atoms with E-state index in [4.69, 9.17) is 11.5 Å². The zero-order chi connectivity index (χ0) is 9.19. The summed E-state index contributed by atoms with van der Waals surface area (Å²) in [6.45, 7) is 3.87. The van der Waals surface area contributed by atoms with Crippen molar-refractivity contribution in [2.45, 2.75) is 25.4 Å². The summed E-state index contributed by atoms with van der Waals surface area (Å²) in [7, 11) is 0. The molecule has 0 unspecified atom stereocenters. The lowest BCUT2D eigenvalue weighted by atomic mass is 9.91. The van der Waals surface area contributed by atoms with Crippen molar-refractivity contribution in [3.8, 4) is 0 Å². The van der Waals surface area contributed by atoms with Crippen molar-refractivity contribution in [3.63, 3.8) is 0 Å². The molecule has 0 aliphatic carbocycles. The van der Waals surface area contributed by atoms with Gasteiger partial charge < -0.3 is 11.5 Å². The van der Waals surface area contributed by atoms with Crippen LogP contribution in [-0.4, -0.2) is 5.54 Å². The van der Waals surface area contributed by atoms with Crippen LogP contribution in [0.3, 0.4) is 0 Å². The molecule has 1 aromatic carbocycles. The fourth-order valence-electron chi connectivity index (χ4n) is 1.09. The molecule has 1 aromatic rings. The molecule has 4 N–H and O–H groups in total. The molecule has 2 nitrogen and oxygen atoms in total. The van der Waals surface area contributed by atoms with Crippen molar-refractivity contribution in [2.24, 2.45) is 11.5 Å². The van der Waals surface area contributed by atoms with E-state index in [9.17, 15) is 0 Å². The van der Waals surface area contributed by atoms with E-state index in [-0.39, 0.29) is 11.6 Å². The predicted molar refractivity (Wildman–Crippen MR) is 51.6 cm³/mol. The average molecular weight is 164 g/mol. The molecule has 0 aromatic heterocycles. The second kappa shape index (κ2) is 3.25. The van der Waals surface area contributed by atoms with Gasteiger partial charge in [0, 0.05) is 11.6 Å². The highest BCUT2D eigenvalue weighted by Gasteiger charge is 2.21. The van der Waals surface area contributed by atoms with E-state index in [0.717, 1.165) is 5.56 Å². The van der Waals surface area contributed by atoms with Gasteiger partial charge >= 0.3 is 0 Å². The van der Waals surface area contributed by atoms with Crippen LogP contribution in [-0.2, 0) is 0 Å². The van der Waals surface area contributed by atoms with Crippen molar-refractivity contribution < 1.29 is 0 Å². The van der Waals surface area contributed by atoms with Gasteiger partial charge in [-0.25, -0.2) is 0 Å². The summed E-state index contributed by atoms with van der Waals surface area (Å²) in [6, 6.07) is 9.82. The Bertz CT molecular complexity index is 236. The highest BCUT2D eigenvalue weighted by Crippen LogP contribution is 2.19. The van der Waals surface area contributed by atoms with Gasteiger partial charge in [-0.15, -0.1) is 0 Å². The molecule has 0 bridgehead atoms. The summed E-state index contributed by atoms with van der Waals surface area (Å²) >= 11 is 0. The monoisotopic (exact) mass is 164 g/mol. The maximum atomic E-state index is 5.95. The van der Waals surface area contributed by atoms with Gasteiger partial charge in [0.2, 0.25) is 0 Å². The third-order valence-electron chi connectivity index (χ3n) is 1.96. The van der Waals surface area contributed by atoms with Gasteiger partial charge in [0.15, 0.2) is 0 Å². The molecule has 0 saturated carbocycles. The molecule has 0 spiro atoms. The predicted octanol–water partition coefficient (Wildman–Crippen LogP) is 1.42. The zero-order valence-corrected chi connectivity index (χ0v) is 7.62. The Labute approximate surface area is 73.6 Å². The van der Waals surface area contributed by atoms with Crippen molar-refractivity contribution in [1.82, 2.24) is 0 Å². The molecule has 1 atom stereocenters. The number of nitrogens with two attached hydrogens (primary N) is 2. The third-order valence-corrected chi connectivity index (χ3v) is 1.96. The van der Waals surface area contributed by atoms with Crippen LogP contribution in [0.15, 0.2) is 30.3 Å². The van der Waals surface area contributed by atoms with Crippen LogP contribution < -0.4 is 11.5 Å². The normalized spacial score (nSPS) is 14.3. The summed E-state index contributed by atoms with van der Waals surface area (Å²) in [5.41, 5.74) is 12.6. The molecule has 0 saturated heterocycles. The number of benzene rings is 1. The summed E-state index contributed by atoms with van der Waals surface area (Å²) in [4.78, 5) is 0. The highest BCUT2D eigenvalue weighted by atomic mass is 14.8. The SMILES string of the molecule is CC(C)(N)[C@H](N)c1ccccc1. The van der Waals surface area contributed by atoms with E-state index in [0.29, 0.717) is 0 Å². The minimum absolute atomic E-state index is 0.0984. The van der Waals surface area contributed by atoms with Crippen LogP contribution in [0.4, 0.5) is 0 Å². The first-order valence-electron chi connectivity index (χ1n) is 4.11. The summed E-state index contributed by atoms with van der Waals surface area (Å²) in [5.74, 6) is 0. The van der Waals surface area contributed by atoms with Gasteiger partial charge in [-0.05, 0) is 19.4 Å². The van der Waals surface area contributed by atoms with E-state index in [1.54, 1.807) is 0 Å². The van der Waals surface area contributed by atoms with Gasteiger partial charge in [0.05, 0.1) is 0 Å².